The predicted octanol–water partition coefficient (Wildman–Crippen LogP) is -0.884. The number of aliphatic hydroxyl groups excluding tert-OH is 1. The minimum atomic E-state index is -0.792. The van der Waals surface area contributed by atoms with Gasteiger partial charge in [0.15, 0.2) is 11.5 Å². The van der Waals surface area contributed by atoms with Crippen molar-refractivity contribution in [2.24, 2.45) is 5.73 Å². The van der Waals surface area contributed by atoms with Crippen LogP contribution in [-0.2, 0) is 0 Å². The van der Waals surface area contributed by atoms with Crippen LogP contribution in [0.4, 0.5) is 0 Å². The van der Waals surface area contributed by atoms with Gasteiger partial charge in [0.2, 0.25) is 0 Å². The van der Waals surface area contributed by atoms with Gasteiger partial charge in [-0.2, -0.15) is 0 Å². The van der Waals surface area contributed by atoms with Crippen LogP contribution >= 0.6 is 0 Å². The molecule has 3 N–H and O–H groups in total. The zero-order valence-electron chi connectivity index (χ0n) is 6.83. The third kappa shape index (κ3) is 1.25. The fourth-order valence-electron chi connectivity index (χ4n) is 1.10. The lowest BCUT2D eigenvalue weighted by molar-refractivity contribution is 0.175. The van der Waals surface area contributed by atoms with Crippen LogP contribution in [0.2, 0.25) is 0 Å². The van der Waals surface area contributed by atoms with Crippen molar-refractivity contribution in [1.29, 1.82) is 0 Å². The van der Waals surface area contributed by atoms with Crippen molar-refractivity contribution in [3.63, 3.8) is 0 Å². The Bertz CT molecular complexity index is 412. The summed E-state index contributed by atoms with van der Waals surface area (Å²) in [6.45, 7) is 0.121. The summed E-state index contributed by atoms with van der Waals surface area (Å²) >= 11 is 0. The van der Waals surface area contributed by atoms with Crippen molar-refractivity contribution >= 4 is 5.65 Å². The van der Waals surface area contributed by atoms with Crippen molar-refractivity contribution in [1.82, 2.24) is 19.6 Å². The third-order valence-electron chi connectivity index (χ3n) is 1.76. The highest BCUT2D eigenvalue weighted by molar-refractivity contribution is 5.35. The number of nitrogens with two attached hydrogens (primary N) is 1. The summed E-state index contributed by atoms with van der Waals surface area (Å²) in [5.74, 6) is 0.422. The lowest BCUT2D eigenvalue weighted by atomic mass is 10.3. The Morgan fingerprint density at radius 3 is 3.15 bits per heavy atom. The second-order valence-electron chi connectivity index (χ2n) is 2.62. The van der Waals surface area contributed by atoms with Crippen LogP contribution in [0.5, 0.6) is 0 Å². The Morgan fingerprint density at radius 2 is 2.38 bits per heavy atom. The van der Waals surface area contributed by atoms with Crippen molar-refractivity contribution in [2.45, 2.75) is 6.10 Å². The zero-order chi connectivity index (χ0) is 9.26. The van der Waals surface area contributed by atoms with Gasteiger partial charge in [-0.15, -0.1) is 10.2 Å². The van der Waals surface area contributed by atoms with Gasteiger partial charge in [0.05, 0.1) is 0 Å². The summed E-state index contributed by atoms with van der Waals surface area (Å²) in [4.78, 5) is 3.89. The van der Waals surface area contributed by atoms with Crippen LogP contribution in [0, 0.1) is 0 Å². The molecule has 2 aromatic heterocycles. The second kappa shape index (κ2) is 3.08. The molecule has 0 bridgehead atoms. The molecule has 0 aliphatic heterocycles. The monoisotopic (exact) mass is 179 g/mol. The maximum atomic E-state index is 9.44. The Hall–Kier alpha value is -1.53. The number of hydrogen-bond acceptors (Lipinski definition) is 5. The van der Waals surface area contributed by atoms with Crippen molar-refractivity contribution in [2.75, 3.05) is 6.54 Å². The number of aromatic nitrogens is 4. The van der Waals surface area contributed by atoms with Gasteiger partial charge in [-0.1, -0.05) is 0 Å². The summed E-state index contributed by atoms with van der Waals surface area (Å²) in [6, 6.07) is 1.71. The van der Waals surface area contributed by atoms with Gasteiger partial charge >= 0.3 is 0 Å². The fourth-order valence-corrected chi connectivity index (χ4v) is 1.10. The summed E-state index contributed by atoms with van der Waals surface area (Å²) in [7, 11) is 0. The molecule has 1 atom stereocenters. The number of hydrogen-bond donors (Lipinski definition) is 2. The first-order chi connectivity index (χ1) is 6.33. The molecule has 6 nitrogen and oxygen atoms in total. The molecule has 0 aromatic carbocycles. The summed E-state index contributed by atoms with van der Waals surface area (Å²) < 4.78 is 1.61. The smallest absolute Gasteiger partial charge is 0.168 e. The van der Waals surface area contributed by atoms with E-state index in [0.717, 1.165) is 0 Å². The average Bonchev–Trinajstić information content (AvgIpc) is 2.60. The molecule has 1 unspecified atom stereocenters. The van der Waals surface area contributed by atoms with Gasteiger partial charge in [0, 0.05) is 18.8 Å². The van der Waals surface area contributed by atoms with Crippen LogP contribution in [0.15, 0.2) is 18.6 Å². The van der Waals surface area contributed by atoms with E-state index < -0.39 is 6.10 Å². The number of nitrogens with zero attached hydrogens (tertiary/aromatic N) is 4. The van der Waals surface area contributed by atoms with E-state index >= 15 is 0 Å². The summed E-state index contributed by atoms with van der Waals surface area (Å²) in [6.07, 6.45) is 2.37. The van der Waals surface area contributed by atoms with E-state index in [-0.39, 0.29) is 6.54 Å². The third-order valence-corrected chi connectivity index (χ3v) is 1.76. The first-order valence-corrected chi connectivity index (χ1v) is 3.85. The van der Waals surface area contributed by atoms with Crippen LogP contribution in [0.25, 0.3) is 5.65 Å². The van der Waals surface area contributed by atoms with E-state index in [1.807, 2.05) is 0 Å². The van der Waals surface area contributed by atoms with E-state index in [1.54, 1.807) is 23.0 Å². The Kier molecular flexibility index (Phi) is 1.91. The maximum absolute atomic E-state index is 9.44. The molecule has 13 heavy (non-hydrogen) atoms. The molecule has 0 radical (unpaired) electrons. The highest BCUT2D eigenvalue weighted by Crippen LogP contribution is 2.09. The lowest BCUT2D eigenvalue weighted by Crippen LogP contribution is -2.14. The van der Waals surface area contributed by atoms with Gasteiger partial charge in [-0.3, -0.25) is 4.40 Å². The molecule has 2 heterocycles. The molecule has 6 heteroatoms. The molecule has 0 saturated carbocycles. The second-order valence-corrected chi connectivity index (χ2v) is 2.62. The molecule has 0 saturated heterocycles. The Balaban J connectivity index is 2.57. The van der Waals surface area contributed by atoms with Crippen LogP contribution in [0.1, 0.15) is 11.9 Å². The SMILES string of the molecule is NCC(O)c1nnc2ccncn12. The number of aliphatic hydroxyl groups is 1. The predicted molar refractivity (Wildman–Crippen MR) is 44.8 cm³/mol. The highest BCUT2D eigenvalue weighted by Gasteiger charge is 2.12. The number of rotatable bonds is 2. The van der Waals surface area contributed by atoms with E-state index in [0.29, 0.717) is 11.5 Å². The van der Waals surface area contributed by atoms with Gasteiger partial charge in [0.25, 0.3) is 0 Å². The minimum absolute atomic E-state index is 0.121. The largest absolute Gasteiger partial charge is 0.384 e. The van der Waals surface area contributed by atoms with Crippen LogP contribution in [-0.4, -0.2) is 31.2 Å². The molecule has 0 fully saturated rings. The van der Waals surface area contributed by atoms with Gasteiger partial charge in [0.1, 0.15) is 12.4 Å². The molecule has 0 aliphatic carbocycles. The number of fused-ring (bicyclic) bond motifs is 1. The molecule has 0 aliphatic rings. The lowest BCUT2D eigenvalue weighted by Gasteiger charge is -2.03. The van der Waals surface area contributed by atoms with E-state index in [2.05, 4.69) is 15.2 Å². The standard InChI is InChI=1S/C7H9N5O/c8-3-5(13)7-11-10-6-1-2-9-4-12(6)7/h1-2,4-5,13H,3,8H2. The normalized spacial score (nSPS) is 13.4. The quantitative estimate of drug-likeness (QED) is 0.624. The first kappa shape index (κ1) is 8.09. The van der Waals surface area contributed by atoms with Crippen molar-refractivity contribution in [3.05, 3.63) is 24.4 Å². The fraction of sp³-hybridized carbons (Fsp3) is 0.286. The van der Waals surface area contributed by atoms with E-state index in [4.69, 9.17) is 5.73 Å². The molecule has 2 aromatic rings. The Labute approximate surface area is 74.0 Å². The van der Waals surface area contributed by atoms with Crippen LogP contribution < -0.4 is 5.73 Å². The van der Waals surface area contributed by atoms with Crippen molar-refractivity contribution in [3.8, 4) is 0 Å². The van der Waals surface area contributed by atoms with Gasteiger partial charge in [-0.25, -0.2) is 4.98 Å². The van der Waals surface area contributed by atoms with Gasteiger partial charge in [-0.05, 0) is 0 Å². The molecule has 0 spiro atoms. The first-order valence-electron chi connectivity index (χ1n) is 3.85. The molecular weight excluding hydrogens is 170 g/mol. The van der Waals surface area contributed by atoms with Crippen molar-refractivity contribution < 1.29 is 5.11 Å². The van der Waals surface area contributed by atoms with E-state index in [9.17, 15) is 5.11 Å². The highest BCUT2D eigenvalue weighted by atomic mass is 16.3. The molecule has 68 valence electrons. The minimum Gasteiger partial charge on any atom is -0.384 e. The average molecular weight is 179 g/mol. The molecule has 2 rings (SSSR count). The zero-order valence-corrected chi connectivity index (χ0v) is 6.83. The molecular formula is C7H9N5O. The van der Waals surface area contributed by atoms with Gasteiger partial charge < -0.3 is 10.8 Å². The Morgan fingerprint density at radius 1 is 1.54 bits per heavy atom. The molecule has 0 amide bonds. The summed E-state index contributed by atoms with van der Waals surface area (Å²) in [5, 5.41) is 17.1. The maximum Gasteiger partial charge on any atom is 0.168 e. The topological polar surface area (TPSA) is 89.3 Å². The van der Waals surface area contributed by atoms with Crippen LogP contribution in [0.3, 0.4) is 0 Å². The van der Waals surface area contributed by atoms with E-state index in [1.165, 1.54) is 0 Å². The summed E-state index contributed by atoms with van der Waals surface area (Å²) in [5.41, 5.74) is 5.95.